The third kappa shape index (κ3) is 1.02. The Morgan fingerprint density at radius 1 is 1.27 bits per heavy atom. The molecule has 3 aliphatic carbocycles. The molecule has 0 aromatic rings. The first-order valence-electron chi connectivity index (χ1n) is 6.11. The van der Waals surface area contributed by atoms with Crippen molar-refractivity contribution in [3.8, 4) is 0 Å². The van der Waals surface area contributed by atoms with Crippen molar-refractivity contribution in [3.63, 3.8) is 0 Å². The molecular weight excluding hydrogens is 190 g/mol. The zero-order valence-electron chi connectivity index (χ0n) is 8.98. The summed E-state index contributed by atoms with van der Waals surface area (Å²) in [4.78, 5) is 11.0. The lowest BCUT2D eigenvalue weighted by atomic mass is 9.47. The maximum absolute atomic E-state index is 11.0. The fraction of sp³-hybridized carbons (Fsp3) is 0.917. The third-order valence-corrected chi connectivity index (χ3v) is 5.51. The van der Waals surface area contributed by atoms with Crippen LogP contribution in [0, 0.1) is 29.1 Å². The Hall–Kier alpha value is -0.570. The summed E-state index contributed by atoms with van der Waals surface area (Å²) in [5, 5.41) is 9.04. The van der Waals surface area contributed by atoms with E-state index in [0.717, 1.165) is 11.8 Å². The Morgan fingerprint density at radius 2 is 1.87 bits per heavy atom. The van der Waals surface area contributed by atoms with Gasteiger partial charge in [0.2, 0.25) is 0 Å². The Balaban J connectivity index is 1.88. The average molecular weight is 209 g/mol. The van der Waals surface area contributed by atoms with Gasteiger partial charge in [-0.05, 0) is 61.3 Å². The van der Waals surface area contributed by atoms with E-state index in [4.69, 9.17) is 10.8 Å². The fourth-order valence-electron chi connectivity index (χ4n) is 5.06. The van der Waals surface area contributed by atoms with Gasteiger partial charge in [0.05, 0.1) is 6.42 Å². The minimum absolute atomic E-state index is 0.0260. The molecule has 5 atom stereocenters. The third-order valence-electron chi connectivity index (χ3n) is 5.51. The molecule has 3 rings (SSSR count). The SMILES string of the molecule is NC[C@@]1(CC(=O)O)[C@@H]2CC[C@@H]3CC[C@H]1C32. The molecule has 3 N–H and O–H groups in total. The molecule has 0 aromatic heterocycles. The van der Waals surface area contributed by atoms with E-state index in [-0.39, 0.29) is 5.41 Å². The number of aliphatic carboxylic acids is 1. The van der Waals surface area contributed by atoms with Crippen LogP contribution in [0.4, 0.5) is 0 Å². The number of carbonyl (C=O) groups is 1. The standard InChI is InChI=1S/C12H19NO2/c13-6-12(5-10(14)15)8-3-1-7-2-4-9(12)11(7)8/h7-9,11H,1-6,13H2,(H,14,15)/t7-,8-,9+,11?,12+. The maximum Gasteiger partial charge on any atom is 0.303 e. The molecule has 3 aliphatic rings. The predicted octanol–water partition coefficient (Wildman–Crippen LogP) is 1.47. The summed E-state index contributed by atoms with van der Waals surface area (Å²) >= 11 is 0. The Morgan fingerprint density at radius 3 is 2.33 bits per heavy atom. The molecule has 3 nitrogen and oxygen atoms in total. The molecule has 15 heavy (non-hydrogen) atoms. The number of hydrogen-bond donors (Lipinski definition) is 2. The molecule has 0 saturated heterocycles. The summed E-state index contributed by atoms with van der Waals surface area (Å²) in [7, 11) is 0. The van der Waals surface area contributed by atoms with Crippen molar-refractivity contribution >= 4 is 5.97 Å². The smallest absolute Gasteiger partial charge is 0.303 e. The van der Waals surface area contributed by atoms with Gasteiger partial charge in [-0.2, -0.15) is 0 Å². The van der Waals surface area contributed by atoms with Gasteiger partial charge < -0.3 is 10.8 Å². The molecule has 3 fully saturated rings. The van der Waals surface area contributed by atoms with E-state index in [0.29, 0.717) is 24.8 Å². The summed E-state index contributed by atoms with van der Waals surface area (Å²) in [6.07, 6.45) is 5.43. The van der Waals surface area contributed by atoms with Gasteiger partial charge >= 0.3 is 5.97 Å². The molecule has 0 spiro atoms. The largest absolute Gasteiger partial charge is 0.481 e. The minimum atomic E-state index is -0.658. The van der Waals surface area contributed by atoms with Gasteiger partial charge in [0.1, 0.15) is 0 Å². The van der Waals surface area contributed by atoms with Gasteiger partial charge in [0.25, 0.3) is 0 Å². The van der Waals surface area contributed by atoms with Crippen LogP contribution in [-0.2, 0) is 4.79 Å². The molecule has 3 saturated carbocycles. The minimum Gasteiger partial charge on any atom is -0.481 e. The average Bonchev–Trinajstić information content (AvgIpc) is 2.67. The normalized spacial score (nSPS) is 51.3. The predicted molar refractivity (Wildman–Crippen MR) is 56.2 cm³/mol. The van der Waals surface area contributed by atoms with Crippen LogP contribution in [0.25, 0.3) is 0 Å². The molecule has 0 radical (unpaired) electrons. The van der Waals surface area contributed by atoms with Crippen molar-refractivity contribution in [3.05, 3.63) is 0 Å². The van der Waals surface area contributed by atoms with Crippen molar-refractivity contribution in [2.24, 2.45) is 34.8 Å². The van der Waals surface area contributed by atoms with E-state index in [1.807, 2.05) is 0 Å². The highest BCUT2D eigenvalue weighted by molar-refractivity contribution is 5.68. The van der Waals surface area contributed by atoms with Crippen LogP contribution in [-0.4, -0.2) is 17.6 Å². The molecule has 1 unspecified atom stereocenters. The first kappa shape index (κ1) is 9.64. The molecule has 0 aromatic carbocycles. The van der Waals surface area contributed by atoms with Gasteiger partial charge in [-0.1, -0.05) is 0 Å². The fourth-order valence-corrected chi connectivity index (χ4v) is 5.06. The second-order valence-corrected chi connectivity index (χ2v) is 5.71. The molecule has 3 heteroatoms. The van der Waals surface area contributed by atoms with Gasteiger partial charge in [0, 0.05) is 0 Å². The van der Waals surface area contributed by atoms with Crippen molar-refractivity contribution in [2.75, 3.05) is 6.54 Å². The van der Waals surface area contributed by atoms with Crippen LogP contribution >= 0.6 is 0 Å². The summed E-state index contributed by atoms with van der Waals surface area (Å²) < 4.78 is 0. The highest BCUT2D eigenvalue weighted by Gasteiger charge is 2.67. The Kier molecular flexibility index (Phi) is 1.91. The number of carboxylic acid groups (broad SMARTS) is 1. The van der Waals surface area contributed by atoms with E-state index in [1.165, 1.54) is 25.7 Å². The lowest BCUT2D eigenvalue weighted by molar-refractivity contribution is -0.153. The van der Waals surface area contributed by atoms with Crippen molar-refractivity contribution < 1.29 is 9.90 Å². The van der Waals surface area contributed by atoms with E-state index in [9.17, 15) is 4.79 Å². The van der Waals surface area contributed by atoms with Gasteiger partial charge in [-0.15, -0.1) is 0 Å². The van der Waals surface area contributed by atoms with E-state index in [1.54, 1.807) is 0 Å². The Bertz CT molecular complexity index is 286. The van der Waals surface area contributed by atoms with Crippen LogP contribution in [0.1, 0.15) is 32.1 Å². The van der Waals surface area contributed by atoms with Gasteiger partial charge in [-0.3, -0.25) is 4.79 Å². The lowest BCUT2D eigenvalue weighted by Crippen LogP contribution is -2.58. The summed E-state index contributed by atoms with van der Waals surface area (Å²) in [5.41, 5.74) is 5.87. The molecule has 0 bridgehead atoms. The first-order valence-corrected chi connectivity index (χ1v) is 6.11. The summed E-state index contributed by atoms with van der Waals surface area (Å²) in [5.74, 6) is 2.36. The molecule has 0 aliphatic heterocycles. The van der Waals surface area contributed by atoms with E-state index >= 15 is 0 Å². The van der Waals surface area contributed by atoms with Crippen molar-refractivity contribution in [2.45, 2.75) is 32.1 Å². The quantitative estimate of drug-likeness (QED) is 0.740. The molecule has 0 amide bonds. The second-order valence-electron chi connectivity index (χ2n) is 5.71. The second kappa shape index (κ2) is 2.97. The van der Waals surface area contributed by atoms with Crippen molar-refractivity contribution in [1.82, 2.24) is 0 Å². The van der Waals surface area contributed by atoms with Crippen LogP contribution in [0.5, 0.6) is 0 Å². The topological polar surface area (TPSA) is 63.3 Å². The highest BCUT2D eigenvalue weighted by atomic mass is 16.4. The molecule has 0 heterocycles. The lowest BCUT2D eigenvalue weighted by Gasteiger charge is -2.57. The van der Waals surface area contributed by atoms with Gasteiger partial charge in [-0.25, -0.2) is 0 Å². The van der Waals surface area contributed by atoms with Crippen molar-refractivity contribution in [1.29, 1.82) is 0 Å². The molecule has 84 valence electrons. The summed E-state index contributed by atoms with van der Waals surface area (Å²) in [6.45, 7) is 0.581. The Labute approximate surface area is 90.0 Å². The van der Waals surface area contributed by atoms with E-state index in [2.05, 4.69) is 0 Å². The number of rotatable bonds is 3. The van der Waals surface area contributed by atoms with Crippen LogP contribution < -0.4 is 5.73 Å². The van der Waals surface area contributed by atoms with Gasteiger partial charge in [0.15, 0.2) is 0 Å². The molecular formula is C12H19NO2. The van der Waals surface area contributed by atoms with Crippen LogP contribution in [0.15, 0.2) is 0 Å². The monoisotopic (exact) mass is 209 g/mol. The number of nitrogens with two attached hydrogens (primary N) is 1. The van der Waals surface area contributed by atoms with Crippen LogP contribution in [0.3, 0.4) is 0 Å². The van der Waals surface area contributed by atoms with E-state index < -0.39 is 5.97 Å². The number of hydrogen-bond acceptors (Lipinski definition) is 2. The first-order chi connectivity index (χ1) is 7.19. The maximum atomic E-state index is 11.0. The van der Waals surface area contributed by atoms with Crippen LogP contribution in [0.2, 0.25) is 0 Å². The zero-order chi connectivity index (χ0) is 10.6. The highest BCUT2D eigenvalue weighted by Crippen LogP contribution is 2.71. The number of carboxylic acids is 1. The zero-order valence-corrected chi connectivity index (χ0v) is 8.98. The summed E-state index contributed by atoms with van der Waals surface area (Å²) in [6, 6.07) is 0.